The van der Waals surface area contributed by atoms with Crippen LogP contribution in [0.3, 0.4) is 0 Å². The summed E-state index contributed by atoms with van der Waals surface area (Å²) in [5.41, 5.74) is 4.88. The van der Waals surface area contributed by atoms with Crippen molar-refractivity contribution >= 4 is 11.1 Å². The quantitative estimate of drug-likeness (QED) is 0.150. The minimum atomic E-state index is -1.40. The molecule has 1 aromatic rings. The van der Waals surface area contributed by atoms with Crippen LogP contribution >= 0.6 is 0 Å². The van der Waals surface area contributed by atoms with Gasteiger partial charge in [0.25, 0.3) is 0 Å². The van der Waals surface area contributed by atoms with E-state index in [1.54, 1.807) is 21.9 Å². The second-order valence-corrected chi connectivity index (χ2v) is 23.1. The van der Waals surface area contributed by atoms with Gasteiger partial charge in [-0.1, -0.05) is 45.4 Å². The van der Waals surface area contributed by atoms with Crippen LogP contribution in [0.5, 0.6) is 0 Å². The Kier molecular flexibility index (Phi) is 25.6. The third-order valence-electron chi connectivity index (χ3n) is 8.99. The molecule has 39 heavy (non-hydrogen) atoms. The molecule has 0 heterocycles. The van der Waals surface area contributed by atoms with Gasteiger partial charge in [0.05, 0.1) is 0 Å². The summed E-state index contributed by atoms with van der Waals surface area (Å²) in [5, 5.41) is 1.72. The maximum absolute atomic E-state index is 2.73. The first-order valence-electron chi connectivity index (χ1n) is 15.6. The second kappa shape index (κ2) is 24.0. The summed E-state index contributed by atoms with van der Waals surface area (Å²) in [6.45, 7) is 14.7. The van der Waals surface area contributed by atoms with Crippen LogP contribution in [0, 0.1) is 5.92 Å². The Morgan fingerprint density at radius 1 is 0.615 bits per heavy atom. The Morgan fingerprint density at radius 2 is 1.03 bits per heavy atom. The fourth-order valence-corrected chi connectivity index (χ4v) is 17.6. The molecule has 1 aliphatic carbocycles. The summed E-state index contributed by atoms with van der Waals surface area (Å²) >= 11 is -0.0820. The van der Waals surface area contributed by atoms with E-state index in [9.17, 15) is 0 Å². The van der Waals surface area contributed by atoms with Crippen LogP contribution in [0.2, 0.25) is 12.6 Å². The SMILES string of the molecule is CCCCCCCCCCCCCCCCCC[Si](C)([Ti+3][C]1=C(C)C(C)=C(C)C1C)c1ccccc1.[Cl-].[Cl-].[Cl-]. The van der Waals surface area contributed by atoms with Crippen LogP contribution in [-0.2, 0) is 18.4 Å². The van der Waals surface area contributed by atoms with Crippen molar-refractivity contribution in [2.45, 2.75) is 150 Å². The van der Waals surface area contributed by atoms with Gasteiger partial charge in [-0.3, -0.25) is 0 Å². The molecular formula is C34H58Cl3SiTi. The number of benzene rings is 1. The van der Waals surface area contributed by atoms with E-state index in [1.165, 1.54) is 109 Å². The molecule has 1 aromatic carbocycles. The molecule has 0 amide bonds. The zero-order valence-corrected chi connectivity index (χ0v) is 30.9. The minimum absolute atomic E-state index is 0. The Bertz CT molecular complexity index is 808. The summed E-state index contributed by atoms with van der Waals surface area (Å²) in [6, 6.07) is 13.2. The number of hydrogen-bond acceptors (Lipinski definition) is 0. The summed E-state index contributed by atoms with van der Waals surface area (Å²) in [5.74, 6) is -0.700. The van der Waals surface area contributed by atoms with Crippen molar-refractivity contribution in [1.29, 1.82) is 0 Å². The molecule has 223 valence electrons. The first kappa shape index (κ1) is 41.6. The van der Waals surface area contributed by atoms with Crippen molar-refractivity contribution < 1.29 is 55.6 Å². The monoisotopic (exact) mass is 647 g/mol. The number of rotatable bonds is 20. The molecule has 0 N–H and O–H groups in total. The minimum Gasteiger partial charge on any atom is -1.00 e. The van der Waals surface area contributed by atoms with Crippen LogP contribution in [0.15, 0.2) is 50.9 Å². The maximum atomic E-state index is 2.73. The molecule has 2 atom stereocenters. The predicted octanol–water partition coefficient (Wildman–Crippen LogP) is 2.09. The number of allylic oxidation sites excluding steroid dienone is 4. The van der Waals surface area contributed by atoms with Gasteiger partial charge in [-0.25, -0.2) is 0 Å². The molecular weight excluding hydrogens is 591 g/mol. The van der Waals surface area contributed by atoms with E-state index in [0.717, 1.165) is 0 Å². The van der Waals surface area contributed by atoms with E-state index >= 15 is 0 Å². The Hall–Kier alpha value is 0.501. The molecule has 2 unspecified atom stereocenters. The van der Waals surface area contributed by atoms with Gasteiger partial charge in [0.2, 0.25) is 0 Å². The Morgan fingerprint density at radius 3 is 1.41 bits per heavy atom. The Labute approximate surface area is 271 Å². The average Bonchev–Trinajstić information content (AvgIpc) is 3.06. The summed E-state index contributed by atoms with van der Waals surface area (Å²) < 4.78 is 1.87. The number of halogens is 3. The second-order valence-electron chi connectivity index (χ2n) is 11.9. The van der Waals surface area contributed by atoms with E-state index in [2.05, 4.69) is 71.5 Å². The van der Waals surface area contributed by atoms with Crippen LogP contribution in [0.1, 0.15) is 137 Å². The largest absolute Gasteiger partial charge is 1.00 e. The van der Waals surface area contributed by atoms with Crippen molar-refractivity contribution in [1.82, 2.24) is 0 Å². The van der Waals surface area contributed by atoms with Gasteiger partial charge in [0.1, 0.15) is 0 Å². The average molecular weight is 649 g/mol. The third-order valence-corrected chi connectivity index (χ3v) is 20.4. The summed E-state index contributed by atoms with van der Waals surface area (Å²) in [7, 11) is 0. The van der Waals surface area contributed by atoms with Crippen molar-refractivity contribution in [2.24, 2.45) is 5.92 Å². The smallest absolute Gasteiger partial charge is 1.00 e. The van der Waals surface area contributed by atoms with E-state index in [4.69, 9.17) is 0 Å². The molecule has 0 radical (unpaired) electrons. The van der Waals surface area contributed by atoms with Crippen molar-refractivity contribution in [3.63, 3.8) is 0 Å². The maximum Gasteiger partial charge on any atom is -1.00 e. The van der Waals surface area contributed by atoms with Crippen molar-refractivity contribution in [3.8, 4) is 0 Å². The van der Waals surface area contributed by atoms with Gasteiger partial charge in [0.15, 0.2) is 0 Å². The summed E-state index contributed by atoms with van der Waals surface area (Å²) in [6.07, 6.45) is 23.3. The molecule has 0 saturated carbocycles. The molecule has 0 aromatic heterocycles. The van der Waals surface area contributed by atoms with E-state index < -0.39 is 5.94 Å². The predicted molar refractivity (Wildman–Crippen MR) is 162 cm³/mol. The Balaban J connectivity index is 0. The van der Waals surface area contributed by atoms with Crippen molar-refractivity contribution in [3.05, 3.63) is 50.9 Å². The summed E-state index contributed by atoms with van der Waals surface area (Å²) in [4.78, 5) is 0. The van der Waals surface area contributed by atoms with Gasteiger partial charge in [-0.05, 0) is 0 Å². The molecule has 0 bridgehead atoms. The topological polar surface area (TPSA) is 0 Å². The molecule has 0 nitrogen and oxygen atoms in total. The number of hydrogen-bond donors (Lipinski definition) is 0. The van der Waals surface area contributed by atoms with Gasteiger partial charge in [-0.15, -0.1) is 0 Å². The fourth-order valence-electron chi connectivity index (χ4n) is 5.97. The van der Waals surface area contributed by atoms with Gasteiger partial charge < -0.3 is 37.2 Å². The molecule has 0 spiro atoms. The van der Waals surface area contributed by atoms with Crippen LogP contribution in [0.4, 0.5) is 0 Å². The number of unbranched alkanes of at least 4 members (excludes halogenated alkanes) is 15. The first-order chi connectivity index (χ1) is 17.4. The molecule has 0 fully saturated rings. The van der Waals surface area contributed by atoms with Crippen LogP contribution < -0.4 is 42.4 Å². The standard InChI is InChI=1S/C25H45Si.C9H13.3ClH.Ti/c1-3-4-5-6-7-8-9-10-11-12-13-14-15-16-17-21-24-26(2)25-22-19-18-20-23-25;1-6-5-7(2)9(4)8(6)3;;;;/h18-20,22-23H,3-17,21,24H2,1-2H3;6H,1-4H3;3*1H;/q;;;;;+3/p-3. The molecule has 0 saturated heterocycles. The van der Waals surface area contributed by atoms with Gasteiger partial charge in [0, 0.05) is 0 Å². The molecule has 1 aliphatic rings. The molecule has 2 rings (SSSR count). The molecule has 5 heteroatoms. The van der Waals surface area contributed by atoms with Gasteiger partial charge >= 0.3 is 191 Å². The first-order valence-corrected chi connectivity index (χ1v) is 21.5. The fraction of sp³-hybridized carbons (Fsp3) is 0.706. The zero-order valence-electron chi connectivity index (χ0n) is 26.1. The van der Waals surface area contributed by atoms with Gasteiger partial charge in [-0.2, -0.15) is 0 Å². The van der Waals surface area contributed by atoms with Crippen LogP contribution in [0.25, 0.3) is 0 Å². The normalized spacial score (nSPS) is 16.2. The molecule has 0 aliphatic heterocycles. The van der Waals surface area contributed by atoms with E-state index in [1.807, 2.05) is 3.88 Å². The van der Waals surface area contributed by atoms with Crippen LogP contribution in [-0.4, -0.2) is 5.94 Å². The van der Waals surface area contributed by atoms with E-state index in [-0.39, 0.29) is 55.6 Å². The third kappa shape index (κ3) is 15.0. The van der Waals surface area contributed by atoms with E-state index in [0.29, 0.717) is 5.92 Å². The zero-order chi connectivity index (χ0) is 26.2. The van der Waals surface area contributed by atoms with Crippen molar-refractivity contribution in [2.75, 3.05) is 0 Å².